The maximum atomic E-state index is 10.2. The van der Waals surface area contributed by atoms with Crippen molar-refractivity contribution in [3.63, 3.8) is 0 Å². The number of carbonyl (C=O) groups is 1. The van der Waals surface area contributed by atoms with E-state index in [1.807, 2.05) is 0 Å². The lowest BCUT2D eigenvalue weighted by Gasteiger charge is -2.16. The van der Waals surface area contributed by atoms with Crippen LogP contribution in [0.5, 0.6) is 0 Å². The monoisotopic (exact) mass is 110 g/mol. The molecule has 0 spiro atoms. The minimum absolute atomic E-state index is 0.454. The molecular formula is C7H10O. The highest BCUT2D eigenvalue weighted by molar-refractivity contribution is 5.58. The van der Waals surface area contributed by atoms with Crippen molar-refractivity contribution in [3.8, 4) is 0 Å². The maximum Gasteiger partial charge on any atom is 0.123 e. The van der Waals surface area contributed by atoms with E-state index >= 15 is 0 Å². The molecule has 0 heterocycles. The maximum absolute atomic E-state index is 10.2. The van der Waals surface area contributed by atoms with E-state index in [9.17, 15) is 4.79 Å². The van der Waals surface area contributed by atoms with Crippen LogP contribution in [-0.4, -0.2) is 6.29 Å². The summed E-state index contributed by atoms with van der Waals surface area (Å²) in [7, 11) is 0. The van der Waals surface area contributed by atoms with Gasteiger partial charge in [-0.2, -0.15) is 0 Å². The molecule has 0 amide bonds. The molecule has 0 saturated heterocycles. The van der Waals surface area contributed by atoms with E-state index in [-0.39, 0.29) is 0 Å². The number of rotatable bonds is 1. The van der Waals surface area contributed by atoms with Crippen LogP contribution in [0, 0.1) is 23.7 Å². The predicted molar refractivity (Wildman–Crippen MR) is 30.3 cm³/mol. The van der Waals surface area contributed by atoms with Crippen molar-refractivity contribution in [1.82, 2.24) is 0 Å². The zero-order valence-corrected chi connectivity index (χ0v) is 5.00. The molecule has 1 heteroatoms. The minimum atomic E-state index is 0.454. The fraction of sp³-hybridized carbons (Fsp3) is 0.857. The second-order valence-corrected chi connectivity index (χ2v) is 3.14. The van der Waals surface area contributed by atoms with Crippen molar-refractivity contribution >= 4 is 6.29 Å². The van der Waals surface area contributed by atoms with E-state index in [2.05, 4.69) is 6.92 Å². The summed E-state index contributed by atoms with van der Waals surface area (Å²) in [6.07, 6.45) is 2.32. The van der Waals surface area contributed by atoms with Gasteiger partial charge in [0.2, 0.25) is 0 Å². The zero-order valence-electron chi connectivity index (χ0n) is 5.00. The molecule has 2 saturated carbocycles. The van der Waals surface area contributed by atoms with Gasteiger partial charge in [-0.05, 0) is 24.2 Å². The fourth-order valence-corrected chi connectivity index (χ4v) is 2.08. The largest absolute Gasteiger partial charge is 0.303 e. The first kappa shape index (κ1) is 4.54. The SMILES string of the molecule is CC1C2CC(C=O)C12. The van der Waals surface area contributed by atoms with E-state index in [1.54, 1.807) is 0 Å². The lowest BCUT2D eigenvalue weighted by Crippen LogP contribution is -2.16. The van der Waals surface area contributed by atoms with Crippen LogP contribution >= 0.6 is 0 Å². The molecule has 0 aliphatic heterocycles. The molecule has 8 heavy (non-hydrogen) atoms. The first-order chi connectivity index (χ1) is 3.84. The number of hydrogen-bond acceptors (Lipinski definition) is 1. The van der Waals surface area contributed by atoms with Crippen LogP contribution in [-0.2, 0) is 4.79 Å². The van der Waals surface area contributed by atoms with Gasteiger partial charge >= 0.3 is 0 Å². The van der Waals surface area contributed by atoms with Crippen LogP contribution in [0.4, 0.5) is 0 Å². The lowest BCUT2D eigenvalue weighted by atomic mass is 9.87. The molecular weight excluding hydrogens is 100 g/mol. The first-order valence-electron chi connectivity index (χ1n) is 3.30. The van der Waals surface area contributed by atoms with Gasteiger partial charge < -0.3 is 4.79 Å². The standard InChI is InChI=1S/C7H10O/c1-4-6-2-5(3-8)7(4)6/h3-7H,2H2,1H3. The van der Waals surface area contributed by atoms with E-state index < -0.39 is 0 Å². The van der Waals surface area contributed by atoms with Crippen molar-refractivity contribution < 1.29 is 4.79 Å². The molecule has 0 N–H and O–H groups in total. The Hall–Kier alpha value is -0.330. The first-order valence-corrected chi connectivity index (χ1v) is 3.30. The number of carbonyl (C=O) groups excluding carboxylic acids is 1. The normalized spacial score (nSPS) is 58.6. The predicted octanol–water partition coefficient (Wildman–Crippen LogP) is 1.09. The molecule has 2 rings (SSSR count). The minimum Gasteiger partial charge on any atom is -0.303 e. The number of fused-ring (bicyclic) bond motifs is 1. The van der Waals surface area contributed by atoms with Gasteiger partial charge in [0.25, 0.3) is 0 Å². The van der Waals surface area contributed by atoms with Crippen molar-refractivity contribution in [2.24, 2.45) is 23.7 Å². The zero-order chi connectivity index (χ0) is 5.72. The number of aldehydes is 1. The van der Waals surface area contributed by atoms with Crippen LogP contribution < -0.4 is 0 Å². The molecule has 2 aliphatic rings. The quantitative estimate of drug-likeness (QED) is 0.462. The van der Waals surface area contributed by atoms with Gasteiger partial charge in [-0.3, -0.25) is 0 Å². The summed E-state index contributed by atoms with van der Waals surface area (Å²) < 4.78 is 0. The second kappa shape index (κ2) is 1.15. The Morgan fingerprint density at radius 1 is 1.62 bits per heavy atom. The van der Waals surface area contributed by atoms with Crippen molar-refractivity contribution in [2.75, 3.05) is 0 Å². The highest BCUT2D eigenvalue weighted by atomic mass is 16.1. The Morgan fingerprint density at radius 3 is 2.50 bits per heavy atom. The van der Waals surface area contributed by atoms with E-state index in [1.165, 1.54) is 6.42 Å². The summed E-state index contributed by atoms with van der Waals surface area (Å²) in [5, 5.41) is 0. The molecule has 2 fully saturated rings. The third-order valence-corrected chi connectivity index (χ3v) is 2.85. The Kier molecular flexibility index (Phi) is 0.651. The van der Waals surface area contributed by atoms with Crippen LogP contribution in [0.15, 0.2) is 0 Å². The van der Waals surface area contributed by atoms with E-state index in [4.69, 9.17) is 0 Å². The molecule has 4 atom stereocenters. The van der Waals surface area contributed by atoms with Crippen LogP contribution in [0.3, 0.4) is 0 Å². The Bertz CT molecular complexity index is 126. The van der Waals surface area contributed by atoms with Gasteiger partial charge in [0, 0.05) is 5.92 Å². The molecule has 1 nitrogen and oxygen atoms in total. The fourth-order valence-electron chi connectivity index (χ4n) is 2.08. The van der Waals surface area contributed by atoms with Gasteiger partial charge in [-0.15, -0.1) is 0 Å². The molecule has 0 radical (unpaired) electrons. The molecule has 0 aromatic heterocycles. The third kappa shape index (κ3) is 0.320. The third-order valence-electron chi connectivity index (χ3n) is 2.85. The Morgan fingerprint density at radius 2 is 2.38 bits per heavy atom. The van der Waals surface area contributed by atoms with Crippen LogP contribution in [0.1, 0.15) is 13.3 Å². The van der Waals surface area contributed by atoms with Gasteiger partial charge in [0.15, 0.2) is 0 Å². The smallest absolute Gasteiger partial charge is 0.123 e. The molecule has 2 aliphatic carbocycles. The summed E-state index contributed by atoms with van der Waals surface area (Å²) in [6, 6.07) is 0. The number of hydrogen-bond donors (Lipinski definition) is 0. The summed E-state index contributed by atoms with van der Waals surface area (Å²) in [5.41, 5.74) is 0. The highest BCUT2D eigenvalue weighted by Gasteiger charge is 2.59. The van der Waals surface area contributed by atoms with Gasteiger partial charge in [-0.1, -0.05) is 6.92 Å². The average molecular weight is 110 g/mol. The molecule has 0 aromatic rings. The van der Waals surface area contributed by atoms with Gasteiger partial charge in [-0.25, -0.2) is 0 Å². The molecule has 0 aromatic carbocycles. The molecule has 44 valence electrons. The topological polar surface area (TPSA) is 17.1 Å². The van der Waals surface area contributed by atoms with Gasteiger partial charge in [0.05, 0.1) is 0 Å². The lowest BCUT2D eigenvalue weighted by molar-refractivity contribution is -0.113. The van der Waals surface area contributed by atoms with Crippen molar-refractivity contribution in [1.29, 1.82) is 0 Å². The Labute approximate surface area is 49.1 Å². The highest BCUT2D eigenvalue weighted by Crippen LogP contribution is 2.63. The second-order valence-electron chi connectivity index (χ2n) is 3.14. The van der Waals surface area contributed by atoms with Crippen molar-refractivity contribution in [3.05, 3.63) is 0 Å². The van der Waals surface area contributed by atoms with Crippen LogP contribution in [0.25, 0.3) is 0 Å². The average Bonchev–Trinajstić information content (AvgIpc) is 2.09. The molecule has 4 unspecified atom stereocenters. The van der Waals surface area contributed by atoms with Crippen molar-refractivity contribution in [2.45, 2.75) is 13.3 Å². The van der Waals surface area contributed by atoms with Crippen LogP contribution in [0.2, 0.25) is 0 Å². The summed E-state index contributed by atoms with van der Waals surface area (Å²) in [4.78, 5) is 10.2. The summed E-state index contributed by atoms with van der Waals surface area (Å²) in [6.45, 7) is 2.25. The van der Waals surface area contributed by atoms with Gasteiger partial charge in [0.1, 0.15) is 6.29 Å². The summed E-state index contributed by atoms with van der Waals surface area (Å²) in [5.74, 6) is 3.10. The van der Waals surface area contributed by atoms with E-state index in [0.29, 0.717) is 5.92 Å². The Balaban J connectivity index is 2.01. The van der Waals surface area contributed by atoms with E-state index in [0.717, 1.165) is 24.0 Å². The molecule has 0 bridgehead atoms. The summed E-state index contributed by atoms with van der Waals surface area (Å²) >= 11 is 0.